The van der Waals surface area contributed by atoms with E-state index >= 15 is 0 Å². The molecule has 0 fully saturated rings. The molecule has 0 bridgehead atoms. The van der Waals surface area contributed by atoms with Gasteiger partial charge in [0.1, 0.15) is 0 Å². The zero-order chi connectivity index (χ0) is 14.3. The van der Waals surface area contributed by atoms with Gasteiger partial charge in [0.15, 0.2) is 5.78 Å². The van der Waals surface area contributed by atoms with Gasteiger partial charge in [0.05, 0.1) is 12.6 Å². The summed E-state index contributed by atoms with van der Waals surface area (Å²) in [7, 11) is 0. The van der Waals surface area contributed by atoms with Crippen LogP contribution in [0.25, 0.3) is 0 Å². The first-order valence-electron chi connectivity index (χ1n) is 6.30. The summed E-state index contributed by atoms with van der Waals surface area (Å²) >= 11 is 0. The zero-order valence-corrected chi connectivity index (χ0v) is 11.3. The first kappa shape index (κ1) is 15.0. The van der Waals surface area contributed by atoms with E-state index in [-0.39, 0.29) is 12.4 Å². The molecule has 0 spiro atoms. The van der Waals surface area contributed by atoms with E-state index in [9.17, 15) is 9.59 Å². The Bertz CT molecular complexity index is 454. The summed E-state index contributed by atoms with van der Waals surface area (Å²) in [6.07, 6.45) is -0.200. The van der Waals surface area contributed by atoms with Gasteiger partial charge in [0, 0.05) is 12.0 Å². The van der Waals surface area contributed by atoms with Gasteiger partial charge in [-0.3, -0.25) is 4.79 Å². The highest BCUT2D eigenvalue weighted by molar-refractivity contribution is 5.96. The highest BCUT2D eigenvalue weighted by Gasteiger charge is 2.22. The normalized spacial score (nSPS) is 11.5. The second kappa shape index (κ2) is 7.36. The molecule has 4 heteroatoms. The van der Waals surface area contributed by atoms with E-state index in [1.807, 2.05) is 30.3 Å². The highest BCUT2D eigenvalue weighted by Crippen LogP contribution is 2.22. The molecule has 1 unspecified atom stereocenters. The molecule has 102 valence electrons. The Morgan fingerprint density at radius 1 is 1.26 bits per heavy atom. The lowest BCUT2D eigenvalue weighted by molar-refractivity contribution is -0.115. The molecule has 1 aromatic carbocycles. The van der Waals surface area contributed by atoms with E-state index in [0.29, 0.717) is 12.0 Å². The lowest BCUT2D eigenvalue weighted by atomic mass is 9.96. The summed E-state index contributed by atoms with van der Waals surface area (Å²) in [5.41, 5.74) is 1.17. The fraction of sp³-hybridized carbons (Fsp3) is 0.333. The Hall–Kier alpha value is -2.10. The summed E-state index contributed by atoms with van der Waals surface area (Å²) < 4.78 is 4.85. The average Bonchev–Trinajstić information content (AvgIpc) is 2.44. The van der Waals surface area contributed by atoms with E-state index < -0.39 is 12.1 Å². The van der Waals surface area contributed by atoms with Crippen molar-refractivity contribution in [2.24, 2.45) is 0 Å². The maximum Gasteiger partial charge on any atom is 0.407 e. The van der Waals surface area contributed by atoms with Crippen molar-refractivity contribution in [2.75, 3.05) is 6.61 Å². The number of ether oxygens (including phenoxy) is 1. The van der Waals surface area contributed by atoms with Crippen LogP contribution in [0.1, 0.15) is 31.9 Å². The lowest BCUT2D eigenvalue weighted by Crippen LogP contribution is -2.32. The van der Waals surface area contributed by atoms with Gasteiger partial charge in [-0.1, -0.05) is 43.8 Å². The lowest BCUT2D eigenvalue weighted by Gasteiger charge is -2.20. The number of carbonyl (C=O) groups is 2. The molecule has 0 aliphatic carbocycles. The fourth-order valence-electron chi connectivity index (χ4n) is 1.70. The maximum absolute atomic E-state index is 11.8. The summed E-state index contributed by atoms with van der Waals surface area (Å²) in [6, 6.07) is 8.69. The van der Waals surface area contributed by atoms with E-state index in [4.69, 9.17) is 4.74 Å². The molecule has 1 N–H and O–H groups in total. The van der Waals surface area contributed by atoms with Crippen molar-refractivity contribution in [1.29, 1.82) is 0 Å². The van der Waals surface area contributed by atoms with Crippen molar-refractivity contribution in [1.82, 2.24) is 5.32 Å². The van der Waals surface area contributed by atoms with Crippen LogP contribution in [0.3, 0.4) is 0 Å². The fourth-order valence-corrected chi connectivity index (χ4v) is 1.70. The maximum atomic E-state index is 11.8. The summed E-state index contributed by atoms with van der Waals surface area (Å²) in [5.74, 6) is -0.0781. The highest BCUT2D eigenvalue weighted by atomic mass is 16.5. The topological polar surface area (TPSA) is 55.4 Å². The van der Waals surface area contributed by atoms with Gasteiger partial charge in [-0.15, -0.1) is 0 Å². The number of hydrogen-bond donors (Lipinski definition) is 1. The number of alkyl carbamates (subject to hydrolysis) is 1. The van der Waals surface area contributed by atoms with Gasteiger partial charge >= 0.3 is 6.09 Å². The van der Waals surface area contributed by atoms with Crippen molar-refractivity contribution in [2.45, 2.75) is 26.3 Å². The number of nitrogens with one attached hydrogen (secondary N) is 1. The Kier molecular flexibility index (Phi) is 5.79. The third-order valence-electron chi connectivity index (χ3n) is 2.70. The summed E-state index contributed by atoms with van der Waals surface area (Å²) in [4.78, 5) is 23.3. The molecule has 0 aromatic heterocycles. The second-order valence-electron chi connectivity index (χ2n) is 4.01. The molecule has 1 rings (SSSR count). The molecule has 1 aromatic rings. The molecule has 1 atom stereocenters. The minimum absolute atomic E-state index is 0.0781. The van der Waals surface area contributed by atoms with Crippen LogP contribution in [0, 0.1) is 0 Å². The van der Waals surface area contributed by atoms with Gasteiger partial charge in [0.2, 0.25) is 0 Å². The Balaban J connectivity index is 2.95. The SMILES string of the molecule is C=C(C(=O)CC)C(NC(=O)OCC)c1ccccc1. The third kappa shape index (κ3) is 4.25. The van der Waals surface area contributed by atoms with Crippen molar-refractivity contribution in [3.05, 3.63) is 48.0 Å². The quantitative estimate of drug-likeness (QED) is 0.801. The van der Waals surface area contributed by atoms with Gasteiger partial charge in [-0.25, -0.2) is 4.79 Å². The Labute approximate surface area is 113 Å². The molecule has 0 heterocycles. The van der Waals surface area contributed by atoms with Crippen LogP contribution in [0.15, 0.2) is 42.5 Å². The first-order valence-corrected chi connectivity index (χ1v) is 6.30. The average molecular weight is 261 g/mol. The van der Waals surface area contributed by atoms with Crippen LogP contribution in [-0.2, 0) is 9.53 Å². The van der Waals surface area contributed by atoms with Crippen LogP contribution >= 0.6 is 0 Å². The molecule has 1 amide bonds. The second-order valence-corrected chi connectivity index (χ2v) is 4.01. The minimum atomic E-state index is -0.554. The number of Topliss-reactive ketones (excluding diaryl/α,β-unsaturated/α-hetero) is 1. The summed E-state index contributed by atoms with van der Waals surface area (Å²) in [6.45, 7) is 7.56. The number of benzene rings is 1. The van der Waals surface area contributed by atoms with Gasteiger partial charge < -0.3 is 10.1 Å². The van der Waals surface area contributed by atoms with E-state index in [2.05, 4.69) is 11.9 Å². The molecule has 0 saturated carbocycles. The van der Waals surface area contributed by atoms with Crippen LogP contribution in [0.4, 0.5) is 4.79 Å². The van der Waals surface area contributed by atoms with Crippen LogP contribution in [-0.4, -0.2) is 18.5 Å². The third-order valence-corrected chi connectivity index (χ3v) is 2.70. The number of hydrogen-bond acceptors (Lipinski definition) is 3. The molecule has 4 nitrogen and oxygen atoms in total. The molecular formula is C15H19NO3. The smallest absolute Gasteiger partial charge is 0.407 e. The minimum Gasteiger partial charge on any atom is -0.450 e. The predicted octanol–water partition coefficient (Wildman–Crippen LogP) is 3.01. The van der Waals surface area contributed by atoms with Crippen molar-refractivity contribution in [3.63, 3.8) is 0 Å². The van der Waals surface area contributed by atoms with Crippen molar-refractivity contribution >= 4 is 11.9 Å². The number of rotatable bonds is 6. The van der Waals surface area contributed by atoms with Crippen LogP contribution < -0.4 is 5.32 Å². The molecule has 0 aliphatic rings. The van der Waals surface area contributed by atoms with E-state index in [1.165, 1.54) is 0 Å². The monoisotopic (exact) mass is 261 g/mol. The number of carbonyl (C=O) groups excluding carboxylic acids is 2. The van der Waals surface area contributed by atoms with Crippen molar-refractivity contribution in [3.8, 4) is 0 Å². The van der Waals surface area contributed by atoms with Gasteiger partial charge in [-0.05, 0) is 12.5 Å². The van der Waals surface area contributed by atoms with E-state index in [1.54, 1.807) is 13.8 Å². The zero-order valence-electron chi connectivity index (χ0n) is 11.3. The molecule has 0 saturated heterocycles. The number of amides is 1. The van der Waals surface area contributed by atoms with Crippen LogP contribution in [0.2, 0.25) is 0 Å². The van der Waals surface area contributed by atoms with Gasteiger partial charge in [0.25, 0.3) is 0 Å². The molecule has 0 radical (unpaired) electrons. The standard InChI is InChI=1S/C15H19NO3/c1-4-13(17)11(3)14(16-15(18)19-5-2)12-9-7-6-8-10-12/h6-10,14H,3-5H2,1-2H3,(H,16,18). The molecule has 19 heavy (non-hydrogen) atoms. The summed E-state index contributed by atoms with van der Waals surface area (Å²) in [5, 5.41) is 2.67. The van der Waals surface area contributed by atoms with Gasteiger partial charge in [-0.2, -0.15) is 0 Å². The Morgan fingerprint density at radius 2 is 1.89 bits per heavy atom. The first-order chi connectivity index (χ1) is 9.10. The largest absolute Gasteiger partial charge is 0.450 e. The number of ketones is 1. The predicted molar refractivity (Wildman–Crippen MR) is 73.8 cm³/mol. The Morgan fingerprint density at radius 3 is 2.42 bits per heavy atom. The molecule has 0 aliphatic heterocycles. The van der Waals surface area contributed by atoms with Crippen molar-refractivity contribution < 1.29 is 14.3 Å². The molecular weight excluding hydrogens is 242 g/mol. The van der Waals surface area contributed by atoms with E-state index in [0.717, 1.165) is 5.56 Å². The van der Waals surface area contributed by atoms with Crippen LogP contribution in [0.5, 0.6) is 0 Å².